The first-order chi connectivity index (χ1) is 18.3. The molecule has 40 heavy (non-hydrogen) atoms. The molecular formula is C14H10N10O16. The van der Waals surface area contributed by atoms with Crippen LogP contribution in [0.5, 0.6) is 0 Å². The molecule has 26 heteroatoms. The van der Waals surface area contributed by atoms with Crippen molar-refractivity contribution in [3.8, 4) is 0 Å². The minimum Gasteiger partial charge on any atom is -0.399 e. The average molecular weight is 574 g/mol. The van der Waals surface area contributed by atoms with Crippen LogP contribution < -0.4 is 11.5 Å². The van der Waals surface area contributed by atoms with E-state index in [2.05, 4.69) is 0 Å². The van der Waals surface area contributed by atoms with Crippen LogP contribution in [-0.4, -0.2) is 39.4 Å². The van der Waals surface area contributed by atoms with Gasteiger partial charge in [0.15, 0.2) is 20.5 Å². The highest BCUT2D eigenvalue weighted by atomic mass is 16.7. The standard InChI is InChI=1S/2C7H5N5O8/c1-2-4(9(13)14)3(8)6(11(17)18)7(12(19)20)5(2)10(15)16;8-4-1-2-5(6(3-4)9(13)14)7(10(15)16,11(17)18)12(19)20/h8H2,1H3;1-3H,8H2. The van der Waals surface area contributed by atoms with Crippen molar-refractivity contribution in [1.29, 1.82) is 0 Å². The van der Waals surface area contributed by atoms with E-state index >= 15 is 0 Å². The molecule has 2 aromatic carbocycles. The number of nitrogens with zero attached hydrogens (tertiary/aromatic N) is 8. The van der Waals surface area contributed by atoms with Crippen LogP contribution in [0.3, 0.4) is 0 Å². The number of nitro benzene ring substituents is 5. The molecule has 0 unspecified atom stereocenters. The van der Waals surface area contributed by atoms with Gasteiger partial charge in [-0.05, 0) is 19.1 Å². The quantitative estimate of drug-likeness (QED) is 0.184. The van der Waals surface area contributed by atoms with Crippen molar-refractivity contribution in [3.05, 3.63) is 110 Å². The first kappa shape index (κ1) is 31.3. The van der Waals surface area contributed by atoms with E-state index in [9.17, 15) is 80.9 Å². The number of nitrogen functional groups attached to an aromatic ring is 2. The molecular weight excluding hydrogens is 564 g/mol. The Bertz CT molecular complexity index is 1440. The van der Waals surface area contributed by atoms with Gasteiger partial charge in [0, 0.05) is 11.8 Å². The number of rotatable bonds is 9. The Hall–Kier alpha value is -6.76. The smallest absolute Gasteiger partial charge is 0.399 e. The summed E-state index contributed by atoms with van der Waals surface area (Å²) in [6, 6.07) is 1.94. The maximum Gasteiger partial charge on any atom is 0.735 e. The van der Waals surface area contributed by atoms with E-state index in [-0.39, 0.29) is 5.69 Å². The number of hydrogen-bond acceptors (Lipinski definition) is 18. The van der Waals surface area contributed by atoms with Crippen molar-refractivity contribution in [2.45, 2.75) is 12.7 Å². The second kappa shape index (κ2) is 11.1. The molecule has 0 spiro atoms. The molecule has 0 saturated carbocycles. The zero-order valence-electron chi connectivity index (χ0n) is 19.0. The molecule has 0 aliphatic heterocycles. The highest BCUT2D eigenvalue weighted by Gasteiger charge is 2.75. The predicted molar refractivity (Wildman–Crippen MR) is 122 cm³/mol. The summed E-state index contributed by atoms with van der Waals surface area (Å²) in [4.78, 5) is 74.6. The largest absolute Gasteiger partial charge is 0.735 e. The van der Waals surface area contributed by atoms with E-state index in [4.69, 9.17) is 11.5 Å². The maximum atomic E-state index is 10.8. The number of anilines is 2. The number of nitrogens with two attached hydrogens (primary N) is 2. The molecule has 2 aromatic rings. The normalized spacial score (nSPS) is 10.4. The molecule has 4 N–H and O–H groups in total. The van der Waals surface area contributed by atoms with Crippen molar-refractivity contribution in [3.63, 3.8) is 0 Å². The molecule has 0 radical (unpaired) electrons. The van der Waals surface area contributed by atoms with Crippen LogP contribution in [-0.2, 0) is 5.79 Å². The van der Waals surface area contributed by atoms with Crippen molar-refractivity contribution < 1.29 is 39.4 Å². The van der Waals surface area contributed by atoms with Gasteiger partial charge >= 0.3 is 28.5 Å². The summed E-state index contributed by atoms with van der Waals surface area (Å²) in [5.74, 6) is -4.07. The molecule has 0 saturated heterocycles. The van der Waals surface area contributed by atoms with Crippen LogP contribution in [0.2, 0.25) is 0 Å². The molecule has 0 heterocycles. The third-order valence-corrected chi connectivity index (χ3v) is 4.74. The summed E-state index contributed by atoms with van der Waals surface area (Å²) in [6.45, 7) is 0.851. The fourth-order valence-electron chi connectivity index (χ4n) is 3.14. The van der Waals surface area contributed by atoms with Gasteiger partial charge in [-0.25, -0.2) is 0 Å². The lowest BCUT2D eigenvalue weighted by atomic mass is 10.1. The number of nitro groups is 8. The molecule has 0 bridgehead atoms. The van der Waals surface area contributed by atoms with Crippen molar-refractivity contribution in [2.24, 2.45) is 0 Å². The zero-order valence-corrected chi connectivity index (χ0v) is 19.0. The fourth-order valence-corrected chi connectivity index (χ4v) is 3.14. The molecule has 212 valence electrons. The summed E-state index contributed by atoms with van der Waals surface area (Å²) in [7, 11) is 0. The van der Waals surface area contributed by atoms with E-state index in [1.165, 1.54) is 0 Å². The van der Waals surface area contributed by atoms with Crippen molar-refractivity contribution in [2.75, 3.05) is 11.5 Å². The van der Waals surface area contributed by atoms with E-state index in [0.29, 0.717) is 12.1 Å². The summed E-state index contributed by atoms with van der Waals surface area (Å²) in [5, 5.41) is 86.5. The molecule has 26 nitrogen and oxygen atoms in total. The molecule has 0 aliphatic rings. The van der Waals surface area contributed by atoms with Crippen LogP contribution in [0.1, 0.15) is 11.1 Å². The average Bonchev–Trinajstić information content (AvgIpc) is 2.78. The van der Waals surface area contributed by atoms with Crippen LogP contribution in [0.15, 0.2) is 18.2 Å². The monoisotopic (exact) mass is 574 g/mol. The Morgan fingerprint density at radius 3 is 1.30 bits per heavy atom. The van der Waals surface area contributed by atoms with Crippen LogP contribution in [0.25, 0.3) is 0 Å². The van der Waals surface area contributed by atoms with Gasteiger partial charge in [-0.3, -0.25) is 80.9 Å². The second-order valence-electron chi connectivity index (χ2n) is 6.90. The van der Waals surface area contributed by atoms with Gasteiger partial charge in [0.25, 0.3) is 11.3 Å². The van der Waals surface area contributed by atoms with Crippen molar-refractivity contribution in [1.82, 2.24) is 0 Å². The Morgan fingerprint density at radius 1 is 0.575 bits per heavy atom. The van der Waals surface area contributed by atoms with Gasteiger partial charge in [-0.2, -0.15) is 0 Å². The maximum absolute atomic E-state index is 10.8. The van der Waals surface area contributed by atoms with Crippen LogP contribution in [0.4, 0.5) is 39.8 Å². The van der Waals surface area contributed by atoms with Crippen LogP contribution in [0, 0.1) is 87.8 Å². The molecule has 2 rings (SSSR count). The summed E-state index contributed by atoms with van der Waals surface area (Å²) in [6.07, 6.45) is 0. The third-order valence-electron chi connectivity index (χ3n) is 4.74. The van der Waals surface area contributed by atoms with Gasteiger partial charge in [-0.1, -0.05) is 0 Å². The van der Waals surface area contributed by atoms with Gasteiger partial charge < -0.3 is 11.5 Å². The molecule has 0 fully saturated rings. The molecule has 0 aliphatic carbocycles. The van der Waals surface area contributed by atoms with Gasteiger partial charge in [0.05, 0.1) is 24.6 Å². The molecule has 0 aromatic heterocycles. The summed E-state index contributed by atoms with van der Waals surface area (Å²) in [5.41, 5.74) is 0.473. The third kappa shape index (κ3) is 5.18. The van der Waals surface area contributed by atoms with Crippen molar-refractivity contribution >= 4 is 39.8 Å². The van der Waals surface area contributed by atoms with Gasteiger partial charge in [0.1, 0.15) is 5.56 Å². The fraction of sp³-hybridized carbons (Fsp3) is 0.143. The Balaban J connectivity index is 0.000000400. The van der Waals surface area contributed by atoms with Crippen LogP contribution >= 0.6 is 0 Å². The Kier molecular flexibility index (Phi) is 8.68. The number of hydrogen-bond donors (Lipinski definition) is 2. The highest BCUT2D eigenvalue weighted by Crippen LogP contribution is 2.48. The minimum absolute atomic E-state index is 0.232. The van der Waals surface area contributed by atoms with E-state index in [1.54, 1.807) is 0 Å². The first-order valence-electron chi connectivity index (χ1n) is 9.28. The number of benzene rings is 2. The van der Waals surface area contributed by atoms with E-state index in [0.717, 1.165) is 13.0 Å². The summed E-state index contributed by atoms with van der Waals surface area (Å²) < 4.78 is 0. The van der Waals surface area contributed by atoms with Gasteiger partial charge in [-0.15, -0.1) is 0 Å². The van der Waals surface area contributed by atoms with Gasteiger partial charge in [0.2, 0.25) is 0 Å². The molecule has 0 atom stereocenters. The predicted octanol–water partition coefficient (Wildman–Crippen LogP) is 1.33. The summed E-state index contributed by atoms with van der Waals surface area (Å²) >= 11 is 0. The second-order valence-corrected chi connectivity index (χ2v) is 6.90. The minimum atomic E-state index is -4.07. The first-order valence-corrected chi connectivity index (χ1v) is 9.28. The Labute approximate surface area is 214 Å². The lowest BCUT2D eigenvalue weighted by Crippen LogP contribution is -2.50. The highest BCUT2D eigenvalue weighted by molar-refractivity contribution is 5.87. The lowest BCUT2D eigenvalue weighted by molar-refractivity contribution is -0.986. The topological polar surface area (TPSA) is 397 Å². The SMILES string of the molecule is Cc1c([N+](=O)[O-])c(N)c([N+](=O)[O-])c([N+](=O)[O-])c1[N+](=O)[O-].Nc1ccc(C([N+](=O)[O-])([N+](=O)[O-])[N+](=O)[O-])c([N+](=O)[O-])c1. The van der Waals surface area contributed by atoms with E-state index in [1.807, 2.05) is 0 Å². The Morgan fingerprint density at radius 2 is 0.975 bits per heavy atom. The molecule has 0 amide bonds. The lowest BCUT2D eigenvalue weighted by Gasteiger charge is -2.09. The van der Waals surface area contributed by atoms with E-state index < -0.39 is 90.4 Å². The zero-order chi connectivity index (χ0) is 31.4.